The second kappa shape index (κ2) is 8.03. The first-order valence-corrected chi connectivity index (χ1v) is 10.7. The third-order valence-electron chi connectivity index (χ3n) is 5.16. The number of sulfonamides is 1. The van der Waals surface area contributed by atoms with Gasteiger partial charge >= 0.3 is 5.97 Å². The summed E-state index contributed by atoms with van der Waals surface area (Å²) in [6, 6.07) is 13.3. The smallest absolute Gasteiger partial charge is 0.311 e. The monoisotopic (exact) mass is 403 g/mol. The third kappa shape index (κ3) is 4.27. The maximum atomic E-state index is 12.9. The van der Waals surface area contributed by atoms with Crippen LogP contribution in [0.25, 0.3) is 0 Å². The molecule has 2 aromatic carbocycles. The van der Waals surface area contributed by atoms with Crippen molar-refractivity contribution in [2.24, 2.45) is 5.92 Å². The van der Waals surface area contributed by atoms with Crippen LogP contribution in [0.2, 0.25) is 0 Å². The largest absolute Gasteiger partial charge is 0.460 e. The van der Waals surface area contributed by atoms with Crippen LogP contribution in [0, 0.1) is 12.8 Å². The Morgan fingerprint density at radius 3 is 2.43 bits per heavy atom. The number of esters is 1. The van der Waals surface area contributed by atoms with Gasteiger partial charge in [-0.15, -0.1) is 0 Å². The van der Waals surface area contributed by atoms with Gasteiger partial charge < -0.3 is 9.84 Å². The van der Waals surface area contributed by atoms with E-state index in [1.807, 2.05) is 31.2 Å². The number of carbonyl (C=O) groups excluding carboxylic acids is 1. The van der Waals surface area contributed by atoms with Crippen LogP contribution >= 0.6 is 0 Å². The van der Waals surface area contributed by atoms with Crippen LogP contribution in [-0.4, -0.2) is 31.7 Å². The molecule has 0 heterocycles. The second-order valence-corrected chi connectivity index (χ2v) is 9.03. The Kier molecular flexibility index (Phi) is 5.88. The molecule has 0 amide bonds. The van der Waals surface area contributed by atoms with Crippen LogP contribution in [0.1, 0.15) is 36.6 Å². The van der Waals surface area contributed by atoms with E-state index in [1.54, 1.807) is 31.2 Å². The van der Waals surface area contributed by atoms with E-state index < -0.39 is 40.2 Å². The molecule has 7 heteroatoms. The molecule has 3 unspecified atom stereocenters. The first-order chi connectivity index (χ1) is 13.2. The molecule has 150 valence electrons. The van der Waals surface area contributed by atoms with Gasteiger partial charge in [0, 0.05) is 6.42 Å². The summed E-state index contributed by atoms with van der Waals surface area (Å²) in [6.45, 7) is 4.99. The minimum atomic E-state index is -3.80. The Balaban J connectivity index is 1.88. The van der Waals surface area contributed by atoms with Crippen molar-refractivity contribution in [3.8, 4) is 0 Å². The number of ether oxygens (including phenoxy) is 1. The molecule has 0 radical (unpaired) electrons. The van der Waals surface area contributed by atoms with E-state index in [4.69, 9.17) is 4.74 Å². The Morgan fingerprint density at radius 2 is 1.79 bits per heavy atom. The first kappa shape index (κ1) is 20.5. The molecule has 1 aliphatic rings. The van der Waals surface area contributed by atoms with Gasteiger partial charge in [0.25, 0.3) is 0 Å². The zero-order chi connectivity index (χ0) is 20.5. The van der Waals surface area contributed by atoms with Crippen molar-refractivity contribution in [2.75, 3.05) is 0 Å². The Labute approximate surface area is 165 Å². The van der Waals surface area contributed by atoms with E-state index in [-0.39, 0.29) is 4.90 Å². The highest BCUT2D eigenvalue weighted by molar-refractivity contribution is 7.89. The Hall–Kier alpha value is -2.22. The van der Waals surface area contributed by atoms with Crippen molar-refractivity contribution in [2.45, 2.75) is 50.3 Å². The number of nitrogens with one attached hydrogen (secondary N) is 1. The minimum absolute atomic E-state index is 0.157. The molecule has 28 heavy (non-hydrogen) atoms. The molecular weight excluding hydrogens is 378 g/mol. The first-order valence-electron chi connectivity index (χ1n) is 9.24. The van der Waals surface area contributed by atoms with Gasteiger partial charge in [0.05, 0.1) is 23.0 Å². The SMILES string of the molecule is Cc1ccc(S(=O)(=O)NC2c3ccccc3CC2OC(=O)[C@@H](C)C(C)O)cc1. The summed E-state index contributed by atoms with van der Waals surface area (Å²) >= 11 is 0. The van der Waals surface area contributed by atoms with Crippen LogP contribution in [0.3, 0.4) is 0 Å². The van der Waals surface area contributed by atoms with Gasteiger partial charge in [-0.25, -0.2) is 8.42 Å². The van der Waals surface area contributed by atoms with Crippen molar-refractivity contribution >= 4 is 16.0 Å². The highest BCUT2D eigenvalue weighted by Crippen LogP contribution is 2.35. The van der Waals surface area contributed by atoms with Gasteiger partial charge in [-0.3, -0.25) is 4.79 Å². The number of carbonyl (C=O) groups is 1. The van der Waals surface area contributed by atoms with Gasteiger partial charge in [-0.1, -0.05) is 42.0 Å². The van der Waals surface area contributed by atoms with E-state index in [0.717, 1.165) is 16.7 Å². The lowest BCUT2D eigenvalue weighted by Gasteiger charge is -2.24. The third-order valence-corrected chi connectivity index (χ3v) is 6.62. The summed E-state index contributed by atoms with van der Waals surface area (Å²) in [5.41, 5.74) is 2.69. The molecule has 0 aromatic heterocycles. The zero-order valence-electron chi connectivity index (χ0n) is 16.1. The van der Waals surface area contributed by atoms with E-state index in [1.165, 1.54) is 6.92 Å². The number of hydrogen-bond acceptors (Lipinski definition) is 5. The minimum Gasteiger partial charge on any atom is -0.460 e. The van der Waals surface area contributed by atoms with Crippen molar-refractivity contribution in [1.82, 2.24) is 4.72 Å². The summed E-state index contributed by atoms with van der Waals surface area (Å²) in [7, 11) is -3.80. The van der Waals surface area contributed by atoms with Crippen molar-refractivity contribution in [3.63, 3.8) is 0 Å². The average Bonchev–Trinajstić information content (AvgIpc) is 2.98. The predicted octanol–water partition coefficient (Wildman–Crippen LogP) is 2.50. The lowest BCUT2D eigenvalue weighted by molar-refractivity contribution is -0.157. The van der Waals surface area contributed by atoms with Gasteiger partial charge in [-0.05, 0) is 44.0 Å². The van der Waals surface area contributed by atoms with Crippen LogP contribution in [0.5, 0.6) is 0 Å². The van der Waals surface area contributed by atoms with Gasteiger partial charge in [-0.2, -0.15) is 4.72 Å². The number of aliphatic hydroxyl groups excluding tert-OH is 1. The summed E-state index contributed by atoms with van der Waals surface area (Å²) in [4.78, 5) is 12.5. The molecule has 1 aliphatic carbocycles. The maximum Gasteiger partial charge on any atom is 0.311 e. The molecule has 2 N–H and O–H groups in total. The van der Waals surface area contributed by atoms with Crippen molar-refractivity contribution < 1.29 is 23.1 Å². The molecule has 2 aromatic rings. The van der Waals surface area contributed by atoms with Crippen LogP contribution in [0.15, 0.2) is 53.4 Å². The van der Waals surface area contributed by atoms with Crippen LogP contribution < -0.4 is 4.72 Å². The standard InChI is InChI=1S/C21H25NO5S/c1-13-8-10-17(11-9-13)28(25,26)22-20-18-7-5-4-6-16(18)12-19(20)27-21(24)14(2)15(3)23/h4-11,14-15,19-20,22-23H,12H2,1-3H3/t14-,15?,19?,20?/m0/s1. The van der Waals surface area contributed by atoms with E-state index >= 15 is 0 Å². The summed E-state index contributed by atoms with van der Waals surface area (Å²) in [5.74, 6) is -1.24. The number of rotatable bonds is 6. The molecule has 0 aliphatic heterocycles. The number of aliphatic hydroxyl groups is 1. The summed E-state index contributed by atoms with van der Waals surface area (Å²) in [6.07, 6.45) is -1.11. The fraction of sp³-hybridized carbons (Fsp3) is 0.381. The fourth-order valence-corrected chi connectivity index (χ4v) is 4.46. The summed E-state index contributed by atoms with van der Waals surface area (Å²) < 4.78 is 34.1. The fourth-order valence-electron chi connectivity index (χ4n) is 3.21. The lowest BCUT2D eigenvalue weighted by Crippen LogP contribution is -2.38. The topological polar surface area (TPSA) is 92.7 Å². The molecule has 4 atom stereocenters. The Morgan fingerprint density at radius 1 is 1.14 bits per heavy atom. The van der Waals surface area contributed by atoms with Gasteiger partial charge in [0.2, 0.25) is 10.0 Å². The van der Waals surface area contributed by atoms with E-state index in [2.05, 4.69) is 4.72 Å². The van der Waals surface area contributed by atoms with Crippen molar-refractivity contribution in [3.05, 3.63) is 65.2 Å². The summed E-state index contributed by atoms with van der Waals surface area (Å²) in [5, 5.41) is 9.65. The van der Waals surface area contributed by atoms with E-state index in [0.29, 0.717) is 6.42 Å². The quantitative estimate of drug-likeness (QED) is 0.723. The molecule has 0 spiro atoms. The molecule has 0 bridgehead atoms. The predicted molar refractivity (Wildman–Crippen MR) is 105 cm³/mol. The van der Waals surface area contributed by atoms with Crippen molar-refractivity contribution in [1.29, 1.82) is 0 Å². The zero-order valence-corrected chi connectivity index (χ0v) is 16.9. The number of aryl methyl sites for hydroxylation is 1. The lowest BCUT2D eigenvalue weighted by atomic mass is 10.1. The highest BCUT2D eigenvalue weighted by atomic mass is 32.2. The highest BCUT2D eigenvalue weighted by Gasteiger charge is 2.39. The second-order valence-electron chi connectivity index (χ2n) is 7.32. The Bertz CT molecular complexity index is 953. The maximum absolute atomic E-state index is 12.9. The average molecular weight is 404 g/mol. The van der Waals surface area contributed by atoms with E-state index in [9.17, 15) is 18.3 Å². The molecule has 3 rings (SSSR count). The van der Waals surface area contributed by atoms with Gasteiger partial charge in [0.1, 0.15) is 6.10 Å². The molecule has 0 fully saturated rings. The normalized spacial score (nSPS) is 21.0. The number of hydrogen-bond donors (Lipinski definition) is 2. The number of fused-ring (bicyclic) bond motifs is 1. The van der Waals surface area contributed by atoms with Crippen LogP contribution in [-0.2, 0) is 26.0 Å². The number of benzene rings is 2. The molecule has 6 nitrogen and oxygen atoms in total. The van der Waals surface area contributed by atoms with Gasteiger partial charge in [0.15, 0.2) is 0 Å². The molecular formula is C21H25NO5S. The van der Waals surface area contributed by atoms with Crippen LogP contribution in [0.4, 0.5) is 0 Å². The molecule has 0 saturated heterocycles. The molecule has 0 saturated carbocycles.